The molecule has 0 rings (SSSR count). The van der Waals surface area contributed by atoms with E-state index in [1.165, 1.54) is 0 Å². The average Bonchev–Trinajstić information content (AvgIpc) is 1.86. The molecule has 0 aromatic heterocycles. The van der Waals surface area contributed by atoms with Crippen LogP contribution < -0.4 is 0 Å². The van der Waals surface area contributed by atoms with Gasteiger partial charge >= 0.3 is 0 Å². The summed E-state index contributed by atoms with van der Waals surface area (Å²) in [5, 5.41) is 9.47. The predicted molar refractivity (Wildman–Crippen MR) is 50.4 cm³/mol. The van der Waals surface area contributed by atoms with Gasteiger partial charge in [0, 0.05) is 5.88 Å². The first-order valence-corrected chi connectivity index (χ1v) is 4.38. The molecule has 0 radical (unpaired) electrons. The fraction of sp³-hybridized carbons (Fsp3) is 0.750. The monoisotopic (exact) mass is 196 g/mol. The lowest BCUT2D eigenvalue weighted by atomic mass is 10.00. The van der Waals surface area contributed by atoms with Gasteiger partial charge in [-0.2, -0.15) is 0 Å². The Labute approximate surface area is 78.0 Å². The van der Waals surface area contributed by atoms with Gasteiger partial charge in [-0.1, -0.05) is 5.57 Å². The van der Waals surface area contributed by atoms with Crippen LogP contribution in [0.15, 0.2) is 12.2 Å². The van der Waals surface area contributed by atoms with E-state index in [2.05, 4.69) is 6.58 Å². The van der Waals surface area contributed by atoms with Crippen LogP contribution in [0, 0.1) is 0 Å². The molecule has 2 atom stereocenters. The first kappa shape index (κ1) is 11.3. The van der Waals surface area contributed by atoms with Gasteiger partial charge in [-0.15, -0.1) is 29.8 Å². The standard InChI is InChI=1S/C8H14Cl2O/c1-6(2)4-7(11)8(3,10)5-9/h7,11H,1,4-5H2,2-3H3. The smallest absolute Gasteiger partial charge is 0.0814 e. The number of alkyl halides is 2. The van der Waals surface area contributed by atoms with Crippen LogP contribution in [-0.2, 0) is 0 Å². The van der Waals surface area contributed by atoms with Crippen molar-refractivity contribution in [3.63, 3.8) is 0 Å². The van der Waals surface area contributed by atoms with E-state index in [0.717, 1.165) is 5.57 Å². The van der Waals surface area contributed by atoms with Crippen molar-refractivity contribution in [3.05, 3.63) is 12.2 Å². The van der Waals surface area contributed by atoms with Gasteiger partial charge in [0.05, 0.1) is 11.0 Å². The van der Waals surface area contributed by atoms with E-state index in [9.17, 15) is 5.11 Å². The molecule has 1 N–H and O–H groups in total. The number of hydrogen-bond donors (Lipinski definition) is 1. The van der Waals surface area contributed by atoms with Crippen molar-refractivity contribution in [2.75, 3.05) is 5.88 Å². The van der Waals surface area contributed by atoms with Gasteiger partial charge in [-0.25, -0.2) is 0 Å². The van der Waals surface area contributed by atoms with Crippen LogP contribution >= 0.6 is 23.2 Å². The van der Waals surface area contributed by atoms with Gasteiger partial charge in [-0.3, -0.25) is 0 Å². The largest absolute Gasteiger partial charge is 0.391 e. The van der Waals surface area contributed by atoms with Gasteiger partial charge in [0.1, 0.15) is 0 Å². The molecule has 0 fully saturated rings. The minimum Gasteiger partial charge on any atom is -0.391 e. The third-order valence-corrected chi connectivity index (χ3v) is 2.58. The van der Waals surface area contributed by atoms with Crippen LogP contribution in [-0.4, -0.2) is 22.0 Å². The average molecular weight is 197 g/mol. The molecule has 0 aliphatic heterocycles. The van der Waals surface area contributed by atoms with Crippen molar-refractivity contribution in [3.8, 4) is 0 Å². The zero-order chi connectivity index (χ0) is 9.07. The molecule has 0 spiro atoms. The van der Waals surface area contributed by atoms with E-state index in [1.54, 1.807) is 6.92 Å². The van der Waals surface area contributed by atoms with Crippen LogP contribution in [0.3, 0.4) is 0 Å². The molecule has 0 aromatic rings. The second kappa shape index (κ2) is 4.34. The summed E-state index contributed by atoms with van der Waals surface area (Å²) in [5.74, 6) is 0.239. The van der Waals surface area contributed by atoms with Crippen molar-refractivity contribution in [1.82, 2.24) is 0 Å². The van der Waals surface area contributed by atoms with Crippen molar-refractivity contribution in [2.45, 2.75) is 31.2 Å². The summed E-state index contributed by atoms with van der Waals surface area (Å²) in [6.45, 7) is 7.25. The highest BCUT2D eigenvalue weighted by Crippen LogP contribution is 2.24. The summed E-state index contributed by atoms with van der Waals surface area (Å²) in [5.41, 5.74) is 0.912. The lowest BCUT2D eigenvalue weighted by Crippen LogP contribution is -2.35. The first-order valence-electron chi connectivity index (χ1n) is 3.47. The number of aliphatic hydroxyl groups excluding tert-OH is 1. The molecule has 0 aliphatic carbocycles. The normalized spacial score (nSPS) is 19.0. The molecule has 66 valence electrons. The minimum absolute atomic E-state index is 0.239. The third-order valence-electron chi connectivity index (χ3n) is 1.50. The SMILES string of the molecule is C=C(C)CC(O)C(C)(Cl)CCl. The van der Waals surface area contributed by atoms with E-state index in [-0.39, 0.29) is 5.88 Å². The molecule has 0 saturated carbocycles. The summed E-state index contributed by atoms with van der Waals surface area (Å²) in [4.78, 5) is -0.736. The minimum atomic E-state index is -0.736. The van der Waals surface area contributed by atoms with Crippen molar-refractivity contribution in [1.29, 1.82) is 0 Å². The van der Waals surface area contributed by atoms with E-state index in [1.807, 2.05) is 6.92 Å². The number of hydrogen-bond acceptors (Lipinski definition) is 1. The molecular weight excluding hydrogens is 183 g/mol. The highest BCUT2D eigenvalue weighted by Gasteiger charge is 2.29. The molecule has 0 aliphatic rings. The highest BCUT2D eigenvalue weighted by atomic mass is 35.5. The predicted octanol–water partition coefficient (Wildman–Crippen LogP) is 2.55. The molecule has 3 heteroatoms. The van der Waals surface area contributed by atoms with Gasteiger partial charge in [0.2, 0.25) is 0 Å². The first-order chi connectivity index (χ1) is 4.90. The van der Waals surface area contributed by atoms with E-state index in [4.69, 9.17) is 23.2 Å². The third kappa shape index (κ3) is 4.00. The summed E-state index contributed by atoms with van der Waals surface area (Å²) < 4.78 is 0. The number of halogens is 2. The molecule has 0 amide bonds. The summed E-state index contributed by atoms with van der Waals surface area (Å²) >= 11 is 11.4. The van der Waals surface area contributed by atoms with Gasteiger partial charge in [-0.05, 0) is 20.3 Å². The maximum atomic E-state index is 9.47. The second-order valence-electron chi connectivity index (χ2n) is 3.09. The van der Waals surface area contributed by atoms with E-state index in [0.29, 0.717) is 6.42 Å². The van der Waals surface area contributed by atoms with Crippen LogP contribution in [0.4, 0.5) is 0 Å². The lowest BCUT2D eigenvalue weighted by molar-refractivity contribution is 0.140. The Bertz CT molecular complexity index is 143. The summed E-state index contributed by atoms with van der Waals surface area (Å²) in [6.07, 6.45) is -0.105. The van der Waals surface area contributed by atoms with Crippen molar-refractivity contribution < 1.29 is 5.11 Å². The molecule has 0 aromatic carbocycles. The molecule has 0 saturated heterocycles. The zero-order valence-corrected chi connectivity index (χ0v) is 8.41. The maximum absolute atomic E-state index is 9.47. The van der Waals surface area contributed by atoms with Gasteiger partial charge < -0.3 is 5.11 Å². The molecular formula is C8H14Cl2O. The topological polar surface area (TPSA) is 20.2 Å². The van der Waals surface area contributed by atoms with Gasteiger partial charge in [0.15, 0.2) is 0 Å². The Morgan fingerprint density at radius 3 is 2.45 bits per heavy atom. The fourth-order valence-corrected chi connectivity index (χ4v) is 0.887. The van der Waals surface area contributed by atoms with Crippen LogP contribution in [0.1, 0.15) is 20.3 Å². The van der Waals surface area contributed by atoms with Crippen LogP contribution in [0.25, 0.3) is 0 Å². The molecule has 2 unspecified atom stereocenters. The summed E-state index contributed by atoms with van der Waals surface area (Å²) in [6, 6.07) is 0. The molecule has 0 bridgehead atoms. The Hall–Kier alpha value is 0.280. The Morgan fingerprint density at radius 1 is 1.73 bits per heavy atom. The highest BCUT2D eigenvalue weighted by molar-refractivity contribution is 6.30. The number of aliphatic hydroxyl groups is 1. The van der Waals surface area contributed by atoms with Gasteiger partial charge in [0.25, 0.3) is 0 Å². The number of rotatable bonds is 4. The lowest BCUT2D eigenvalue weighted by Gasteiger charge is -2.25. The Morgan fingerprint density at radius 2 is 2.18 bits per heavy atom. The fourth-order valence-electron chi connectivity index (χ4n) is 0.632. The molecule has 1 nitrogen and oxygen atoms in total. The van der Waals surface area contributed by atoms with Crippen molar-refractivity contribution >= 4 is 23.2 Å². The van der Waals surface area contributed by atoms with Crippen LogP contribution in [0.5, 0.6) is 0 Å². The Balaban J connectivity index is 4.01. The molecule has 11 heavy (non-hydrogen) atoms. The summed E-state index contributed by atoms with van der Waals surface area (Å²) in [7, 11) is 0. The van der Waals surface area contributed by atoms with E-state index < -0.39 is 11.0 Å². The van der Waals surface area contributed by atoms with E-state index >= 15 is 0 Å². The van der Waals surface area contributed by atoms with Crippen molar-refractivity contribution in [2.24, 2.45) is 0 Å². The maximum Gasteiger partial charge on any atom is 0.0814 e. The van der Waals surface area contributed by atoms with Crippen LogP contribution in [0.2, 0.25) is 0 Å². The zero-order valence-electron chi connectivity index (χ0n) is 6.90. The quantitative estimate of drug-likeness (QED) is 0.542. The second-order valence-corrected chi connectivity index (χ2v) is 4.22. The Kier molecular flexibility index (Phi) is 4.45. The molecule has 0 heterocycles.